The molecule has 2 N–H and O–H groups in total. The Morgan fingerprint density at radius 2 is 1.79 bits per heavy atom. The number of carbonyl (C=O) groups excluding carboxylic acids is 1. The average Bonchev–Trinajstić information content (AvgIpc) is 2.51. The number of hydrogen-bond acceptors (Lipinski definition) is 3. The largest absolute Gasteiger partial charge is 0.481 e. The minimum absolute atomic E-state index is 0.0148. The van der Waals surface area contributed by atoms with Crippen molar-refractivity contribution in [3.05, 3.63) is 48.0 Å². The Labute approximate surface area is 146 Å². The van der Waals surface area contributed by atoms with Crippen molar-refractivity contribution >= 4 is 34.4 Å². The lowest BCUT2D eigenvalue weighted by Crippen LogP contribution is -2.32. The van der Waals surface area contributed by atoms with Gasteiger partial charge in [-0.05, 0) is 16.3 Å². The minimum Gasteiger partial charge on any atom is -0.481 e. The van der Waals surface area contributed by atoms with Crippen LogP contribution in [0.3, 0.4) is 0 Å². The van der Waals surface area contributed by atoms with Gasteiger partial charge < -0.3 is 10.4 Å². The summed E-state index contributed by atoms with van der Waals surface area (Å²) in [7, 11) is 0. The van der Waals surface area contributed by atoms with E-state index in [0.717, 1.165) is 16.3 Å². The summed E-state index contributed by atoms with van der Waals surface area (Å²) < 4.78 is -0.0148. The summed E-state index contributed by atoms with van der Waals surface area (Å²) in [6.07, 6.45) is -0.139. The number of carboxylic acids is 1. The number of thioether (sulfide) groups is 1. The lowest BCUT2D eigenvalue weighted by atomic mass is 9.96. The lowest BCUT2D eigenvalue weighted by Gasteiger charge is -2.21. The van der Waals surface area contributed by atoms with Gasteiger partial charge in [0.15, 0.2) is 0 Å². The summed E-state index contributed by atoms with van der Waals surface area (Å²) in [5, 5.41) is 14.1. The predicted octanol–water partition coefficient (Wildman–Crippen LogP) is 4.00. The molecule has 0 bridgehead atoms. The number of fused-ring (bicyclic) bond motifs is 1. The van der Waals surface area contributed by atoms with Gasteiger partial charge in [-0.3, -0.25) is 9.59 Å². The number of amides is 1. The maximum absolute atomic E-state index is 12.3. The molecule has 5 heteroatoms. The van der Waals surface area contributed by atoms with E-state index in [1.807, 2.05) is 63.2 Å². The molecule has 0 heterocycles. The van der Waals surface area contributed by atoms with E-state index < -0.39 is 12.0 Å². The fraction of sp³-hybridized carbons (Fsp3) is 0.368. The van der Waals surface area contributed by atoms with E-state index in [2.05, 4.69) is 5.32 Å². The van der Waals surface area contributed by atoms with Gasteiger partial charge in [0, 0.05) is 4.75 Å². The molecule has 1 atom stereocenters. The molecule has 0 aliphatic rings. The van der Waals surface area contributed by atoms with Crippen LogP contribution >= 0.6 is 11.8 Å². The van der Waals surface area contributed by atoms with Gasteiger partial charge in [-0.25, -0.2) is 0 Å². The molecule has 1 amide bonds. The number of aliphatic carboxylic acids is 1. The van der Waals surface area contributed by atoms with E-state index in [1.54, 1.807) is 11.8 Å². The molecule has 0 saturated carbocycles. The molecule has 0 saturated heterocycles. The Morgan fingerprint density at radius 1 is 1.12 bits per heavy atom. The molecule has 0 fully saturated rings. The first-order chi connectivity index (χ1) is 11.3. The molecule has 0 radical (unpaired) electrons. The molecule has 0 unspecified atom stereocenters. The zero-order valence-electron chi connectivity index (χ0n) is 14.2. The summed E-state index contributed by atoms with van der Waals surface area (Å²) in [6.45, 7) is 6.14. The minimum atomic E-state index is -0.934. The van der Waals surface area contributed by atoms with Gasteiger partial charge in [-0.2, -0.15) is 0 Å². The van der Waals surface area contributed by atoms with Crippen molar-refractivity contribution in [1.82, 2.24) is 5.32 Å². The highest BCUT2D eigenvalue weighted by atomic mass is 32.2. The summed E-state index contributed by atoms with van der Waals surface area (Å²) in [6, 6.07) is 13.0. The second-order valence-corrected chi connectivity index (χ2v) is 8.49. The Bertz CT molecular complexity index is 731. The Morgan fingerprint density at radius 3 is 2.46 bits per heavy atom. The summed E-state index contributed by atoms with van der Waals surface area (Å²) in [4.78, 5) is 23.5. The maximum Gasteiger partial charge on any atom is 0.305 e. The van der Waals surface area contributed by atoms with Crippen LogP contribution in [0.15, 0.2) is 42.5 Å². The Balaban J connectivity index is 2.24. The molecule has 2 aromatic carbocycles. The number of carbonyl (C=O) groups is 2. The number of benzene rings is 2. The van der Waals surface area contributed by atoms with E-state index in [9.17, 15) is 14.7 Å². The van der Waals surface area contributed by atoms with Crippen molar-refractivity contribution in [1.29, 1.82) is 0 Å². The van der Waals surface area contributed by atoms with E-state index in [-0.39, 0.29) is 17.1 Å². The Hall–Kier alpha value is -2.01. The molecule has 128 valence electrons. The van der Waals surface area contributed by atoms with Gasteiger partial charge in [-0.1, -0.05) is 63.2 Å². The van der Waals surface area contributed by atoms with E-state index in [4.69, 9.17) is 0 Å². The van der Waals surface area contributed by atoms with Gasteiger partial charge in [0.05, 0.1) is 18.2 Å². The van der Waals surface area contributed by atoms with Crippen LogP contribution in [0.1, 0.15) is 38.8 Å². The molecule has 0 aliphatic carbocycles. The number of hydrogen-bond donors (Lipinski definition) is 2. The van der Waals surface area contributed by atoms with Crippen LogP contribution in [0, 0.1) is 0 Å². The second kappa shape index (κ2) is 7.71. The van der Waals surface area contributed by atoms with Crippen LogP contribution in [0.2, 0.25) is 0 Å². The highest BCUT2D eigenvalue weighted by Crippen LogP contribution is 2.27. The van der Waals surface area contributed by atoms with Gasteiger partial charge in [0.2, 0.25) is 5.91 Å². The van der Waals surface area contributed by atoms with Crippen molar-refractivity contribution < 1.29 is 14.7 Å². The van der Waals surface area contributed by atoms with Gasteiger partial charge in [-0.15, -0.1) is 11.8 Å². The molecule has 2 rings (SSSR count). The Kier molecular flexibility index (Phi) is 5.89. The SMILES string of the molecule is CC(C)(C)SCC(=O)N[C@H](CC(=O)O)c1cccc2ccccc12. The molecule has 0 spiro atoms. The summed E-state index contributed by atoms with van der Waals surface area (Å²) in [5.74, 6) is -0.768. The molecule has 2 aromatic rings. The van der Waals surface area contributed by atoms with Crippen molar-refractivity contribution in [2.24, 2.45) is 0 Å². The third-order valence-electron chi connectivity index (χ3n) is 3.55. The zero-order valence-corrected chi connectivity index (χ0v) is 15.0. The van der Waals surface area contributed by atoms with Crippen LogP contribution in [0.25, 0.3) is 10.8 Å². The predicted molar refractivity (Wildman–Crippen MR) is 99.3 cm³/mol. The van der Waals surface area contributed by atoms with E-state index >= 15 is 0 Å². The smallest absolute Gasteiger partial charge is 0.305 e. The van der Waals surface area contributed by atoms with Crippen LogP contribution in [0.5, 0.6) is 0 Å². The van der Waals surface area contributed by atoms with Crippen molar-refractivity contribution in [2.75, 3.05) is 5.75 Å². The standard InChI is InChI=1S/C19H23NO3S/c1-19(2,3)24-12-17(21)20-16(11-18(22)23)15-10-6-8-13-7-4-5-9-14(13)15/h4-10,16H,11-12H2,1-3H3,(H,20,21)(H,22,23)/t16-/m1/s1. The zero-order chi connectivity index (χ0) is 17.7. The highest BCUT2D eigenvalue weighted by molar-refractivity contribution is 8.01. The van der Waals surface area contributed by atoms with Crippen LogP contribution < -0.4 is 5.32 Å². The van der Waals surface area contributed by atoms with E-state index in [0.29, 0.717) is 5.75 Å². The van der Waals surface area contributed by atoms with Gasteiger partial charge >= 0.3 is 5.97 Å². The third-order valence-corrected chi connectivity index (χ3v) is 4.82. The normalized spacial score (nSPS) is 12.8. The highest BCUT2D eigenvalue weighted by Gasteiger charge is 2.21. The quantitative estimate of drug-likeness (QED) is 0.830. The first-order valence-electron chi connectivity index (χ1n) is 7.89. The number of carboxylic acid groups (broad SMARTS) is 1. The fourth-order valence-corrected chi connectivity index (χ4v) is 3.13. The first kappa shape index (κ1) is 18.3. The third kappa shape index (κ3) is 5.27. The molecule has 4 nitrogen and oxygen atoms in total. The number of rotatable bonds is 6. The molecular formula is C19H23NO3S. The molecule has 0 aliphatic heterocycles. The summed E-state index contributed by atoms with van der Waals surface area (Å²) >= 11 is 1.54. The topological polar surface area (TPSA) is 66.4 Å². The fourth-order valence-electron chi connectivity index (χ4n) is 2.49. The maximum atomic E-state index is 12.3. The van der Waals surface area contributed by atoms with Crippen molar-refractivity contribution in [2.45, 2.75) is 38.0 Å². The number of nitrogens with one attached hydrogen (secondary N) is 1. The van der Waals surface area contributed by atoms with Crippen LogP contribution in [-0.2, 0) is 9.59 Å². The van der Waals surface area contributed by atoms with Gasteiger partial charge in [0.25, 0.3) is 0 Å². The monoisotopic (exact) mass is 345 g/mol. The molecular weight excluding hydrogens is 322 g/mol. The molecule has 24 heavy (non-hydrogen) atoms. The van der Waals surface area contributed by atoms with E-state index in [1.165, 1.54) is 0 Å². The van der Waals surface area contributed by atoms with Crippen LogP contribution in [0.4, 0.5) is 0 Å². The second-order valence-electron chi connectivity index (χ2n) is 6.69. The van der Waals surface area contributed by atoms with Crippen LogP contribution in [-0.4, -0.2) is 27.5 Å². The molecule has 0 aromatic heterocycles. The first-order valence-corrected chi connectivity index (χ1v) is 8.87. The average molecular weight is 345 g/mol. The van der Waals surface area contributed by atoms with Gasteiger partial charge in [0.1, 0.15) is 0 Å². The lowest BCUT2D eigenvalue weighted by molar-refractivity contribution is -0.137. The summed E-state index contributed by atoms with van der Waals surface area (Å²) in [5.41, 5.74) is 0.838. The van der Waals surface area contributed by atoms with Crippen molar-refractivity contribution in [3.8, 4) is 0 Å². The van der Waals surface area contributed by atoms with Crippen molar-refractivity contribution in [3.63, 3.8) is 0 Å².